The van der Waals surface area contributed by atoms with Crippen molar-refractivity contribution < 1.29 is 0 Å². The van der Waals surface area contributed by atoms with Crippen molar-refractivity contribution in [1.29, 1.82) is 0 Å². The standard InChI is InChI=1S/C19H28/c1-3-5-7-16-9-11-18(13-16)15-19-12-10-17(14-19)8-6-4-2/h9-14,18-19H,3-8,15H2,1-2H3. The van der Waals surface area contributed by atoms with Gasteiger partial charge in [0.2, 0.25) is 0 Å². The fourth-order valence-corrected chi connectivity index (χ4v) is 2.97. The minimum atomic E-state index is 0.670. The second-order valence-corrected chi connectivity index (χ2v) is 5.97. The highest BCUT2D eigenvalue weighted by atomic mass is 14.2. The van der Waals surface area contributed by atoms with Gasteiger partial charge in [0, 0.05) is 0 Å². The second kappa shape index (κ2) is 7.53. The summed E-state index contributed by atoms with van der Waals surface area (Å²) in [6, 6.07) is 0. The number of unbranched alkanes of at least 4 members (excludes halogenated alkanes) is 2. The summed E-state index contributed by atoms with van der Waals surface area (Å²) in [6.07, 6.45) is 23.5. The van der Waals surface area contributed by atoms with Crippen molar-refractivity contribution in [2.75, 3.05) is 0 Å². The Kier molecular flexibility index (Phi) is 5.69. The molecule has 2 aliphatic rings. The zero-order valence-electron chi connectivity index (χ0n) is 12.6. The van der Waals surface area contributed by atoms with E-state index < -0.39 is 0 Å². The molecule has 0 amide bonds. The molecule has 0 radical (unpaired) electrons. The highest BCUT2D eigenvalue weighted by Gasteiger charge is 2.16. The summed E-state index contributed by atoms with van der Waals surface area (Å²) >= 11 is 0. The molecule has 0 heterocycles. The van der Waals surface area contributed by atoms with Crippen molar-refractivity contribution in [1.82, 2.24) is 0 Å². The summed E-state index contributed by atoms with van der Waals surface area (Å²) < 4.78 is 0. The molecule has 2 atom stereocenters. The van der Waals surface area contributed by atoms with E-state index in [0.717, 1.165) is 0 Å². The third kappa shape index (κ3) is 4.53. The second-order valence-electron chi connectivity index (χ2n) is 5.97. The average molecular weight is 256 g/mol. The maximum atomic E-state index is 2.49. The molecule has 0 aliphatic heterocycles. The van der Waals surface area contributed by atoms with Crippen LogP contribution in [-0.2, 0) is 0 Å². The van der Waals surface area contributed by atoms with E-state index in [2.05, 4.69) is 50.3 Å². The molecule has 2 unspecified atom stereocenters. The van der Waals surface area contributed by atoms with E-state index in [1.165, 1.54) is 44.9 Å². The van der Waals surface area contributed by atoms with Crippen molar-refractivity contribution in [3.8, 4) is 0 Å². The van der Waals surface area contributed by atoms with Crippen LogP contribution < -0.4 is 0 Å². The molecule has 0 spiro atoms. The van der Waals surface area contributed by atoms with Crippen LogP contribution >= 0.6 is 0 Å². The number of rotatable bonds is 8. The van der Waals surface area contributed by atoms with Gasteiger partial charge < -0.3 is 0 Å². The molecule has 104 valence electrons. The van der Waals surface area contributed by atoms with Crippen LogP contribution in [0.5, 0.6) is 0 Å². The lowest BCUT2D eigenvalue weighted by molar-refractivity contribution is 0.632. The quantitative estimate of drug-likeness (QED) is 0.501. The fourth-order valence-electron chi connectivity index (χ4n) is 2.97. The SMILES string of the molecule is CCCCC1=CC(CC2C=CC(CCCC)=C2)C=C1. The largest absolute Gasteiger partial charge is 0.0773 e. The van der Waals surface area contributed by atoms with Crippen molar-refractivity contribution in [3.05, 3.63) is 47.6 Å². The van der Waals surface area contributed by atoms with Gasteiger partial charge in [-0.05, 0) is 43.9 Å². The zero-order valence-corrected chi connectivity index (χ0v) is 12.6. The molecule has 0 saturated carbocycles. The summed E-state index contributed by atoms with van der Waals surface area (Å²) in [7, 11) is 0. The number of hydrogen-bond acceptors (Lipinski definition) is 0. The van der Waals surface area contributed by atoms with Gasteiger partial charge in [0.1, 0.15) is 0 Å². The first kappa shape index (κ1) is 14.4. The lowest BCUT2D eigenvalue weighted by atomic mass is 9.96. The summed E-state index contributed by atoms with van der Waals surface area (Å²) in [5.41, 5.74) is 3.12. The monoisotopic (exact) mass is 256 g/mol. The van der Waals surface area contributed by atoms with E-state index in [1.54, 1.807) is 11.1 Å². The van der Waals surface area contributed by atoms with Crippen LogP contribution in [-0.4, -0.2) is 0 Å². The van der Waals surface area contributed by atoms with Crippen molar-refractivity contribution in [3.63, 3.8) is 0 Å². The van der Waals surface area contributed by atoms with Gasteiger partial charge in [-0.25, -0.2) is 0 Å². The first-order valence-corrected chi connectivity index (χ1v) is 8.09. The lowest BCUT2D eigenvalue weighted by Crippen LogP contribution is -1.97. The Morgan fingerprint density at radius 2 is 1.26 bits per heavy atom. The molecule has 0 aromatic heterocycles. The number of hydrogen-bond donors (Lipinski definition) is 0. The molecule has 2 aliphatic carbocycles. The third-order valence-corrected chi connectivity index (χ3v) is 4.15. The van der Waals surface area contributed by atoms with Crippen LogP contribution in [0.15, 0.2) is 47.6 Å². The van der Waals surface area contributed by atoms with Crippen LogP contribution in [0.3, 0.4) is 0 Å². The van der Waals surface area contributed by atoms with Crippen LogP contribution in [0.1, 0.15) is 58.8 Å². The first-order valence-electron chi connectivity index (χ1n) is 8.09. The average Bonchev–Trinajstić information content (AvgIpc) is 3.04. The van der Waals surface area contributed by atoms with Crippen LogP contribution in [0.4, 0.5) is 0 Å². The maximum Gasteiger partial charge on any atom is -0.00359 e. The Bertz CT molecular complexity index is 354. The Morgan fingerprint density at radius 3 is 1.68 bits per heavy atom. The maximum absolute atomic E-state index is 2.49. The summed E-state index contributed by atoms with van der Waals surface area (Å²) in [5, 5.41) is 0. The van der Waals surface area contributed by atoms with E-state index in [4.69, 9.17) is 0 Å². The van der Waals surface area contributed by atoms with E-state index >= 15 is 0 Å². The van der Waals surface area contributed by atoms with Crippen molar-refractivity contribution in [2.45, 2.75) is 58.8 Å². The van der Waals surface area contributed by atoms with Gasteiger partial charge in [0.15, 0.2) is 0 Å². The zero-order chi connectivity index (χ0) is 13.5. The summed E-state index contributed by atoms with van der Waals surface area (Å²) in [6.45, 7) is 4.53. The summed E-state index contributed by atoms with van der Waals surface area (Å²) in [4.78, 5) is 0. The predicted octanol–water partition coefficient (Wildman–Crippen LogP) is 5.98. The van der Waals surface area contributed by atoms with Gasteiger partial charge in [-0.1, -0.05) is 74.3 Å². The van der Waals surface area contributed by atoms with Gasteiger partial charge in [-0.2, -0.15) is 0 Å². The van der Waals surface area contributed by atoms with E-state index in [1.807, 2.05) is 0 Å². The minimum absolute atomic E-state index is 0.670. The Hall–Kier alpha value is -1.04. The summed E-state index contributed by atoms with van der Waals surface area (Å²) in [5.74, 6) is 1.34. The fraction of sp³-hybridized carbons (Fsp3) is 0.579. The van der Waals surface area contributed by atoms with Crippen molar-refractivity contribution in [2.24, 2.45) is 11.8 Å². The topological polar surface area (TPSA) is 0 Å². The molecule has 0 nitrogen and oxygen atoms in total. The van der Waals surface area contributed by atoms with Crippen LogP contribution in [0.2, 0.25) is 0 Å². The van der Waals surface area contributed by atoms with Gasteiger partial charge >= 0.3 is 0 Å². The van der Waals surface area contributed by atoms with Gasteiger partial charge in [0.25, 0.3) is 0 Å². The molecule has 19 heavy (non-hydrogen) atoms. The molecular formula is C19H28. The van der Waals surface area contributed by atoms with E-state index in [0.29, 0.717) is 11.8 Å². The van der Waals surface area contributed by atoms with Gasteiger partial charge in [-0.3, -0.25) is 0 Å². The molecule has 0 heteroatoms. The Labute approximate surface area is 119 Å². The van der Waals surface area contributed by atoms with E-state index in [-0.39, 0.29) is 0 Å². The van der Waals surface area contributed by atoms with E-state index in [9.17, 15) is 0 Å². The minimum Gasteiger partial charge on any atom is -0.0773 e. The highest BCUT2D eigenvalue weighted by Crippen LogP contribution is 2.30. The molecule has 0 fully saturated rings. The molecular weight excluding hydrogens is 228 g/mol. The van der Waals surface area contributed by atoms with Crippen LogP contribution in [0, 0.1) is 11.8 Å². The Morgan fingerprint density at radius 1 is 0.789 bits per heavy atom. The highest BCUT2D eigenvalue weighted by molar-refractivity contribution is 5.32. The molecule has 0 bridgehead atoms. The molecule has 0 aromatic carbocycles. The predicted molar refractivity (Wildman–Crippen MR) is 85.1 cm³/mol. The Balaban J connectivity index is 1.78. The normalized spacial score (nSPS) is 24.9. The van der Waals surface area contributed by atoms with Crippen molar-refractivity contribution >= 4 is 0 Å². The molecule has 0 N–H and O–H groups in total. The molecule has 2 rings (SSSR count). The first-order chi connectivity index (χ1) is 9.31. The van der Waals surface area contributed by atoms with Gasteiger partial charge in [-0.15, -0.1) is 0 Å². The van der Waals surface area contributed by atoms with Crippen LogP contribution in [0.25, 0.3) is 0 Å². The molecule has 0 saturated heterocycles. The molecule has 0 aromatic rings. The smallest absolute Gasteiger partial charge is 0.00359 e. The van der Waals surface area contributed by atoms with Gasteiger partial charge in [0.05, 0.1) is 0 Å². The lowest BCUT2D eigenvalue weighted by Gasteiger charge is -2.09. The third-order valence-electron chi connectivity index (χ3n) is 4.15. The number of allylic oxidation sites excluding steroid dienone is 8.